The van der Waals surface area contributed by atoms with Gasteiger partial charge in [-0.1, -0.05) is 25.1 Å². The van der Waals surface area contributed by atoms with E-state index in [4.69, 9.17) is 0 Å². The van der Waals surface area contributed by atoms with Gasteiger partial charge in [0.25, 0.3) is 10.0 Å². The molecule has 0 bridgehead atoms. The average molecular weight is 555 g/mol. The summed E-state index contributed by atoms with van der Waals surface area (Å²) in [5.41, 5.74) is 2.22. The Morgan fingerprint density at radius 1 is 0.921 bits per heavy atom. The molecule has 1 fully saturated rings. The Hall–Kier alpha value is -2.68. The SMILES string of the molecule is CCc1c(C2CCN(CCCSc3ccc(F)cc3)CC2)c2ccc(F)cc2n1S(=O)(=O)c1ccccc1. The third kappa shape index (κ3) is 5.53. The number of piperidine rings is 1. The molecule has 1 aliphatic heterocycles. The van der Waals surface area contributed by atoms with Gasteiger partial charge in [-0.25, -0.2) is 21.2 Å². The quantitative estimate of drug-likeness (QED) is 0.164. The second kappa shape index (κ2) is 11.6. The van der Waals surface area contributed by atoms with E-state index in [1.165, 1.54) is 28.2 Å². The molecule has 0 amide bonds. The van der Waals surface area contributed by atoms with E-state index in [1.54, 1.807) is 48.2 Å². The van der Waals surface area contributed by atoms with E-state index in [9.17, 15) is 17.2 Å². The molecule has 38 heavy (non-hydrogen) atoms. The highest BCUT2D eigenvalue weighted by Gasteiger charge is 2.31. The maximum Gasteiger partial charge on any atom is 0.268 e. The van der Waals surface area contributed by atoms with Crippen LogP contribution < -0.4 is 0 Å². The number of nitrogens with zero attached hydrogens (tertiary/aromatic N) is 2. The molecule has 4 nitrogen and oxygen atoms in total. The van der Waals surface area contributed by atoms with Gasteiger partial charge >= 0.3 is 0 Å². The van der Waals surface area contributed by atoms with Crippen molar-refractivity contribution in [2.45, 2.75) is 48.3 Å². The molecule has 0 saturated carbocycles. The zero-order chi connectivity index (χ0) is 26.7. The van der Waals surface area contributed by atoms with Crippen molar-refractivity contribution in [3.05, 3.63) is 95.7 Å². The minimum atomic E-state index is -3.88. The van der Waals surface area contributed by atoms with Crippen LogP contribution in [0.4, 0.5) is 8.78 Å². The highest BCUT2D eigenvalue weighted by atomic mass is 32.2. The third-order valence-electron chi connectivity index (χ3n) is 7.34. The molecular weight excluding hydrogens is 522 g/mol. The van der Waals surface area contributed by atoms with Gasteiger partial charge in [-0.3, -0.25) is 0 Å². The maximum atomic E-state index is 14.4. The largest absolute Gasteiger partial charge is 0.303 e. The van der Waals surface area contributed by atoms with Gasteiger partial charge in [-0.15, -0.1) is 11.8 Å². The van der Waals surface area contributed by atoms with Crippen molar-refractivity contribution in [2.24, 2.45) is 0 Å². The predicted octanol–water partition coefficient (Wildman–Crippen LogP) is 7.08. The zero-order valence-corrected chi connectivity index (χ0v) is 23.1. The minimum absolute atomic E-state index is 0.204. The maximum absolute atomic E-state index is 14.4. The normalized spacial score (nSPS) is 15.3. The summed E-state index contributed by atoms with van der Waals surface area (Å²) < 4.78 is 56.4. The predicted molar refractivity (Wildman–Crippen MR) is 150 cm³/mol. The molecule has 4 aromatic rings. The number of likely N-dealkylation sites (tertiary alicyclic amines) is 1. The van der Waals surface area contributed by atoms with Gasteiger partial charge in [-0.2, -0.15) is 0 Å². The van der Waals surface area contributed by atoms with Gasteiger partial charge < -0.3 is 4.90 Å². The fourth-order valence-corrected chi connectivity index (χ4v) is 8.00. The highest BCUT2D eigenvalue weighted by Crippen LogP contribution is 2.40. The Kier molecular flexibility index (Phi) is 8.21. The molecule has 0 unspecified atom stereocenters. The standard InChI is InChI=1S/C30H32F2N2O2S2/c1-2-28-30(22-15-18-33(19-16-22)17-6-20-37-25-12-9-23(31)10-13-25)27-14-11-24(32)21-29(27)34(28)38(35,36)26-7-4-3-5-8-26/h3-5,7-14,21-22H,2,6,15-20H2,1H3. The molecular formula is C30H32F2N2O2S2. The van der Waals surface area contributed by atoms with E-state index < -0.39 is 15.8 Å². The van der Waals surface area contributed by atoms with Crippen LogP contribution in [-0.2, 0) is 16.4 Å². The molecule has 0 N–H and O–H groups in total. The summed E-state index contributed by atoms with van der Waals surface area (Å²) in [6.07, 6.45) is 3.44. The summed E-state index contributed by atoms with van der Waals surface area (Å²) in [7, 11) is -3.88. The number of fused-ring (bicyclic) bond motifs is 1. The Balaban J connectivity index is 1.33. The van der Waals surface area contributed by atoms with Gasteiger partial charge in [0.15, 0.2) is 0 Å². The third-order valence-corrected chi connectivity index (χ3v) is 10.2. The van der Waals surface area contributed by atoms with E-state index in [0.29, 0.717) is 11.9 Å². The number of rotatable bonds is 9. The smallest absolute Gasteiger partial charge is 0.268 e. The van der Waals surface area contributed by atoms with Crippen LogP contribution in [-0.4, -0.2) is 42.7 Å². The summed E-state index contributed by atoms with van der Waals surface area (Å²) in [6, 6.07) is 19.5. The van der Waals surface area contributed by atoms with E-state index in [-0.39, 0.29) is 16.6 Å². The van der Waals surface area contributed by atoms with Crippen molar-refractivity contribution >= 4 is 32.7 Å². The van der Waals surface area contributed by atoms with Gasteiger partial charge in [0, 0.05) is 16.0 Å². The number of benzene rings is 3. The van der Waals surface area contributed by atoms with Crippen LogP contribution in [0.3, 0.4) is 0 Å². The van der Waals surface area contributed by atoms with Crippen molar-refractivity contribution in [3.63, 3.8) is 0 Å². The Morgan fingerprint density at radius 2 is 1.61 bits per heavy atom. The number of hydrogen-bond acceptors (Lipinski definition) is 4. The van der Waals surface area contributed by atoms with Crippen molar-refractivity contribution in [1.29, 1.82) is 0 Å². The highest BCUT2D eigenvalue weighted by molar-refractivity contribution is 7.99. The Bertz CT molecular complexity index is 1500. The van der Waals surface area contributed by atoms with Crippen LogP contribution in [0.2, 0.25) is 0 Å². The molecule has 0 spiro atoms. The molecule has 200 valence electrons. The van der Waals surface area contributed by atoms with Gasteiger partial charge in [0.1, 0.15) is 11.6 Å². The first-order valence-corrected chi connectivity index (χ1v) is 15.5. The van der Waals surface area contributed by atoms with Crippen LogP contribution in [0.5, 0.6) is 0 Å². The summed E-state index contributed by atoms with van der Waals surface area (Å²) in [5.74, 6) is 0.536. The molecule has 1 aromatic heterocycles. The van der Waals surface area contributed by atoms with Crippen LogP contribution in [0.25, 0.3) is 10.9 Å². The molecule has 1 saturated heterocycles. The van der Waals surface area contributed by atoms with Crippen molar-refractivity contribution < 1.29 is 17.2 Å². The Morgan fingerprint density at radius 3 is 2.29 bits per heavy atom. The molecule has 8 heteroatoms. The Labute approximate surface area is 227 Å². The lowest BCUT2D eigenvalue weighted by atomic mass is 9.87. The molecule has 3 aromatic carbocycles. The topological polar surface area (TPSA) is 42.3 Å². The van der Waals surface area contributed by atoms with Crippen molar-refractivity contribution in [2.75, 3.05) is 25.4 Å². The number of halogens is 2. The number of aromatic nitrogens is 1. The summed E-state index contributed by atoms with van der Waals surface area (Å²) >= 11 is 1.74. The lowest BCUT2D eigenvalue weighted by molar-refractivity contribution is 0.213. The fraction of sp³-hybridized carbons (Fsp3) is 0.333. The minimum Gasteiger partial charge on any atom is -0.303 e. The van der Waals surface area contributed by atoms with E-state index in [1.807, 2.05) is 19.1 Å². The number of thioether (sulfide) groups is 1. The van der Waals surface area contributed by atoms with E-state index in [2.05, 4.69) is 4.90 Å². The summed E-state index contributed by atoms with van der Waals surface area (Å²) in [5, 5.41) is 0.830. The lowest BCUT2D eigenvalue weighted by Crippen LogP contribution is -2.34. The number of hydrogen-bond donors (Lipinski definition) is 0. The average Bonchev–Trinajstić information content (AvgIpc) is 3.27. The summed E-state index contributed by atoms with van der Waals surface area (Å²) in [6.45, 7) is 4.85. The monoisotopic (exact) mass is 554 g/mol. The van der Waals surface area contributed by atoms with Crippen LogP contribution in [0, 0.1) is 11.6 Å². The first-order valence-electron chi connectivity index (χ1n) is 13.1. The van der Waals surface area contributed by atoms with Crippen molar-refractivity contribution in [3.8, 4) is 0 Å². The molecule has 5 rings (SSSR count). The second-order valence-electron chi connectivity index (χ2n) is 9.73. The van der Waals surface area contributed by atoms with Crippen LogP contribution in [0.1, 0.15) is 43.4 Å². The van der Waals surface area contributed by atoms with Gasteiger partial charge in [0.2, 0.25) is 0 Å². The van der Waals surface area contributed by atoms with Crippen LogP contribution in [0.15, 0.2) is 82.6 Å². The lowest BCUT2D eigenvalue weighted by Gasteiger charge is -2.32. The molecule has 0 aliphatic carbocycles. The van der Waals surface area contributed by atoms with Crippen molar-refractivity contribution in [1.82, 2.24) is 8.87 Å². The van der Waals surface area contributed by atoms with Gasteiger partial charge in [-0.05, 0) is 117 Å². The zero-order valence-electron chi connectivity index (χ0n) is 21.4. The molecule has 2 heterocycles. The molecule has 0 radical (unpaired) electrons. The van der Waals surface area contributed by atoms with E-state index in [0.717, 1.165) is 66.2 Å². The van der Waals surface area contributed by atoms with E-state index >= 15 is 0 Å². The van der Waals surface area contributed by atoms with Gasteiger partial charge in [0.05, 0.1) is 10.4 Å². The summed E-state index contributed by atoms with van der Waals surface area (Å²) in [4.78, 5) is 3.75. The fourth-order valence-electron chi connectivity index (χ4n) is 5.53. The molecule has 0 atom stereocenters. The van der Waals surface area contributed by atoms with Crippen LogP contribution >= 0.6 is 11.8 Å². The molecule has 1 aliphatic rings. The second-order valence-corrected chi connectivity index (χ2v) is 12.7. The first kappa shape index (κ1) is 26.9. The first-order chi connectivity index (χ1) is 18.4.